The van der Waals surface area contributed by atoms with E-state index in [1.165, 1.54) is 5.56 Å². The fourth-order valence-corrected chi connectivity index (χ4v) is 3.35. The third kappa shape index (κ3) is 5.70. The Balaban J connectivity index is 1.87. The second-order valence-electron chi connectivity index (χ2n) is 9.12. The molecule has 5 nitrogen and oxygen atoms in total. The van der Waals surface area contributed by atoms with Gasteiger partial charge in [-0.25, -0.2) is 4.98 Å². The molecule has 0 fully saturated rings. The van der Waals surface area contributed by atoms with Crippen LogP contribution in [0.4, 0.5) is 5.82 Å². The normalized spacial score (nSPS) is 11.5. The van der Waals surface area contributed by atoms with Crippen molar-refractivity contribution in [2.45, 2.75) is 26.2 Å². The molecule has 3 N–H and O–H groups in total. The molecule has 5 heteroatoms. The Labute approximate surface area is 185 Å². The maximum atomic E-state index is 12.5. The number of aromatic nitrogens is 1. The number of carbonyl (C=O) groups is 1. The Hall–Kier alpha value is -3.18. The molecule has 1 heterocycles. The Morgan fingerprint density at radius 3 is 2.35 bits per heavy atom. The molecule has 1 aromatic heterocycles. The molecule has 0 saturated carbocycles. The summed E-state index contributed by atoms with van der Waals surface area (Å²) in [7, 11) is 3.96. The SMILES string of the molecule is CN(C)CCNC(=O)c1cccc(-c2cnc(N)c(-c3ccc(C(C)(C)C)cc3)c2)c1. The molecule has 3 aromatic rings. The van der Waals surface area contributed by atoms with E-state index >= 15 is 0 Å². The van der Waals surface area contributed by atoms with Gasteiger partial charge in [-0.05, 0) is 54.4 Å². The zero-order valence-corrected chi connectivity index (χ0v) is 19.1. The van der Waals surface area contributed by atoms with Crippen LogP contribution < -0.4 is 11.1 Å². The summed E-state index contributed by atoms with van der Waals surface area (Å²) in [6.07, 6.45) is 1.76. The van der Waals surface area contributed by atoms with Crippen LogP contribution in [0.5, 0.6) is 0 Å². The van der Waals surface area contributed by atoms with Gasteiger partial charge in [-0.1, -0.05) is 57.2 Å². The fraction of sp³-hybridized carbons (Fsp3) is 0.308. The molecule has 0 radical (unpaired) electrons. The third-order valence-corrected chi connectivity index (χ3v) is 5.28. The Morgan fingerprint density at radius 2 is 1.71 bits per heavy atom. The quantitative estimate of drug-likeness (QED) is 0.617. The van der Waals surface area contributed by atoms with Gasteiger partial charge in [0.2, 0.25) is 0 Å². The molecule has 0 aliphatic heterocycles. The van der Waals surface area contributed by atoms with Crippen LogP contribution in [0.15, 0.2) is 60.8 Å². The predicted octanol–water partition coefficient (Wildman–Crippen LogP) is 4.59. The molecule has 0 saturated heterocycles. The third-order valence-electron chi connectivity index (χ3n) is 5.28. The molecule has 162 valence electrons. The fourth-order valence-electron chi connectivity index (χ4n) is 3.35. The standard InChI is InChI=1S/C26H32N4O/c1-26(2,3)22-11-9-18(10-12-22)23-16-21(17-29-24(23)27)19-7-6-8-20(15-19)25(31)28-13-14-30(4)5/h6-12,15-17H,13-14H2,1-5H3,(H2,27,29)(H,28,31). The first-order valence-electron chi connectivity index (χ1n) is 10.5. The van der Waals surface area contributed by atoms with Gasteiger partial charge >= 0.3 is 0 Å². The van der Waals surface area contributed by atoms with E-state index in [0.29, 0.717) is 17.9 Å². The average molecular weight is 417 g/mol. The number of benzene rings is 2. The summed E-state index contributed by atoms with van der Waals surface area (Å²) in [4.78, 5) is 19.0. The van der Waals surface area contributed by atoms with Gasteiger partial charge in [0.1, 0.15) is 5.82 Å². The topological polar surface area (TPSA) is 71.2 Å². The number of carbonyl (C=O) groups excluding carboxylic acids is 1. The number of nitrogen functional groups attached to an aromatic ring is 1. The number of nitrogens with one attached hydrogen (secondary N) is 1. The molecule has 1 amide bonds. The highest BCUT2D eigenvalue weighted by Gasteiger charge is 2.14. The lowest BCUT2D eigenvalue weighted by Crippen LogP contribution is -2.31. The van der Waals surface area contributed by atoms with E-state index < -0.39 is 0 Å². The minimum atomic E-state index is -0.0786. The van der Waals surface area contributed by atoms with Crippen LogP contribution in [0.3, 0.4) is 0 Å². The smallest absolute Gasteiger partial charge is 0.251 e. The second-order valence-corrected chi connectivity index (χ2v) is 9.12. The van der Waals surface area contributed by atoms with E-state index in [1.807, 2.05) is 49.3 Å². The first kappa shape index (κ1) is 22.5. The number of pyridine rings is 1. The first-order valence-corrected chi connectivity index (χ1v) is 10.5. The number of amides is 1. The predicted molar refractivity (Wildman–Crippen MR) is 129 cm³/mol. The molecule has 0 aliphatic carbocycles. The van der Waals surface area contributed by atoms with Gasteiger partial charge < -0.3 is 16.0 Å². The Kier molecular flexibility index (Phi) is 6.76. The highest BCUT2D eigenvalue weighted by molar-refractivity contribution is 5.95. The van der Waals surface area contributed by atoms with Crippen LogP contribution in [-0.4, -0.2) is 43.0 Å². The van der Waals surface area contributed by atoms with E-state index in [1.54, 1.807) is 6.20 Å². The summed E-state index contributed by atoms with van der Waals surface area (Å²) in [5, 5.41) is 2.96. The molecule has 0 aliphatic rings. The average Bonchev–Trinajstić information content (AvgIpc) is 2.73. The number of nitrogens with two attached hydrogens (primary N) is 1. The van der Waals surface area contributed by atoms with Crippen molar-refractivity contribution in [3.63, 3.8) is 0 Å². The van der Waals surface area contributed by atoms with Gasteiger partial charge in [-0.2, -0.15) is 0 Å². The molecule has 0 bridgehead atoms. The maximum Gasteiger partial charge on any atom is 0.251 e. The number of hydrogen-bond acceptors (Lipinski definition) is 4. The minimum Gasteiger partial charge on any atom is -0.383 e. The Bertz CT molecular complexity index is 1050. The molecule has 3 rings (SSSR count). The summed E-state index contributed by atoms with van der Waals surface area (Å²) in [6.45, 7) is 7.99. The van der Waals surface area contributed by atoms with Crippen LogP contribution in [0.2, 0.25) is 0 Å². The van der Waals surface area contributed by atoms with Crippen molar-refractivity contribution in [1.82, 2.24) is 15.2 Å². The monoisotopic (exact) mass is 416 g/mol. The van der Waals surface area contributed by atoms with Crippen LogP contribution >= 0.6 is 0 Å². The van der Waals surface area contributed by atoms with Crippen LogP contribution in [-0.2, 0) is 5.41 Å². The first-order chi connectivity index (χ1) is 14.6. The highest BCUT2D eigenvalue weighted by atomic mass is 16.1. The van der Waals surface area contributed by atoms with E-state index in [2.05, 4.69) is 55.3 Å². The summed E-state index contributed by atoms with van der Waals surface area (Å²) in [5.74, 6) is 0.412. The van der Waals surface area contributed by atoms with Crippen molar-refractivity contribution in [2.24, 2.45) is 0 Å². The zero-order chi connectivity index (χ0) is 22.6. The van der Waals surface area contributed by atoms with Crippen LogP contribution in [0.25, 0.3) is 22.3 Å². The van der Waals surface area contributed by atoms with Crippen molar-refractivity contribution >= 4 is 11.7 Å². The summed E-state index contributed by atoms with van der Waals surface area (Å²) in [5.41, 5.74) is 12.0. The summed E-state index contributed by atoms with van der Waals surface area (Å²) >= 11 is 0. The van der Waals surface area contributed by atoms with Crippen molar-refractivity contribution in [3.05, 3.63) is 71.9 Å². The number of rotatable bonds is 6. The second kappa shape index (κ2) is 9.31. The lowest BCUT2D eigenvalue weighted by molar-refractivity contribution is 0.0951. The van der Waals surface area contributed by atoms with Crippen LogP contribution in [0.1, 0.15) is 36.7 Å². The summed E-state index contributed by atoms with van der Waals surface area (Å²) < 4.78 is 0. The van der Waals surface area contributed by atoms with E-state index in [4.69, 9.17) is 5.73 Å². The van der Waals surface area contributed by atoms with E-state index in [0.717, 1.165) is 28.8 Å². The van der Waals surface area contributed by atoms with Crippen molar-refractivity contribution in [3.8, 4) is 22.3 Å². The minimum absolute atomic E-state index is 0.0786. The number of hydrogen-bond donors (Lipinski definition) is 2. The molecule has 0 unspecified atom stereocenters. The molecular formula is C26H32N4O. The lowest BCUT2D eigenvalue weighted by atomic mass is 9.86. The molecule has 0 spiro atoms. The van der Waals surface area contributed by atoms with Gasteiger partial charge in [0.15, 0.2) is 0 Å². The van der Waals surface area contributed by atoms with Crippen molar-refractivity contribution < 1.29 is 4.79 Å². The largest absolute Gasteiger partial charge is 0.383 e. The molecular weight excluding hydrogens is 384 g/mol. The molecule has 0 atom stereocenters. The number of likely N-dealkylation sites (N-methyl/N-ethyl adjacent to an activating group) is 1. The number of anilines is 1. The lowest BCUT2D eigenvalue weighted by Gasteiger charge is -2.19. The van der Waals surface area contributed by atoms with Crippen molar-refractivity contribution in [1.29, 1.82) is 0 Å². The zero-order valence-electron chi connectivity index (χ0n) is 19.1. The van der Waals surface area contributed by atoms with Gasteiger partial charge in [0, 0.05) is 36.0 Å². The van der Waals surface area contributed by atoms with Crippen molar-refractivity contribution in [2.75, 3.05) is 32.9 Å². The van der Waals surface area contributed by atoms with E-state index in [-0.39, 0.29) is 11.3 Å². The maximum absolute atomic E-state index is 12.5. The molecule has 31 heavy (non-hydrogen) atoms. The van der Waals surface area contributed by atoms with Gasteiger partial charge in [-0.3, -0.25) is 4.79 Å². The Morgan fingerprint density at radius 1 is 1.00 bits per heavy atom. The van der Waals surface area contributed by atoms with Gasteiger partial charge in [0.25, 0.3) is 5.91 Å². The van der Waals surface area contributed by atoms with Gasteiger partial charge in [-0.15, -0.1) is 0 Å². The highest BCUT2D eigenvalue weighted by Crippen LogP contribution is 2.31. The van der Waals surface area contributed by atoms with E-state index in [9.17, 15) is 4.79 Å². The molecule has 2 aromatic carbocycles. The van der Waals surface area contributed by atoms with Gasteiger partial charge in [0.05, 0.1) is 0 Å². The summed E-state index contributed by atoms with van der Waals surface area (Å²) in [6, 6.07) is 18.1. The van der Waals surface area contributed by atoms with Crippen LogP contribution in [0, 0.1) is 0 Å². The number of nitrogens with zero attached hydrogens (tertiary/aromatic N) is 2.